The molecule has 0 aromatic carbocycles. The average molecular weight is 268 g/mol. The van der Waals surface area contributed by atoms with Crippen molar-refractivity contribution in [3.8, 4) is 0 Å². The summed E-state index contributed by atoms with van der Waals surface area (Å²) in [6, 6.07) is 0. The predicted molar refractivity (Wildman–Crippen MR) is 43.9 cm³/mol. The zero-order valence-corrected chi connectivity index (χ0v) is 9.90. The van der Waals surface area contributed by atoms with E-state index in [4.69, 9.17) is 4.79 Å². The molecule has 1 radical (unpaired) electrons. The normalized spacial score (nSPS) is 15.1. The van der Waals surface area contributed by atoms with E-state index in [2.05, 4.69) is 24.3 Å². The number of carbonyl (C=O) groups excluding carboxylic acids is 1. The van der Waals surface area contributed by atoms with Crippen LogP contribution in [0.3, 0.4) is 0 Å². The molecule has 1 aliphatic carbocycles. The van der Waals surface area contributed by atoms with Crippen LogP contribution in [-0.4, -0.2) is 6.79 Å². The van der Waals surface area contributed by atoms with E-state index >= 15 is 0 Å². The zero-order valence-electron chi connectivity index (χ0n) is 7.34. The fourth-order valence-electron chi connectivity index (χ4n) is 0.856. The van der Waals surface area contributed by atoms with Crippen molar-refractivity contribution in [2.75, 3.05) is 0 Å². The summed E-state index contributed by atoms with van der Waals surface area (Å²) in [7, 11) is 0. The van der Waals surface area contributed by atoms with E-state index in [1.165, 1.54) is 25.7 Å². The van der Waals surface area contributed by atoms with Crippen LogP contribution in [0.4, 0.5) is 0 Å². The van der Waals surface area contributed by atoms with Crippen LogP contribution in [0.25, 0.3) is 0 Å². The van der Waals surface area contributed by atoms with Crippen LogP contribution in [-0.2, 0) is 21.6 Å². The molecule has 13 heavy (non-hydrogen) atoms. The van der Waals surface area contributed by atoms with Crippen LogP contribution in [0.5, 0.6) is 0 Å². The van der Waals surface area contributed by atoms with Crippen molar-refractivity contribution >= 4 is 6.79 Å². The summed E-state index contributed by atoms with van der Waals surface area (Å²) in [4.78, 5) is 8.00. The summed E-state index contributed by atoms with van der Waals surface area (Å²) in [6.45, 7) is 2.00. The molecule has 1 aliphatic rings. The maximum absolute atomic E-state index is 8.00. The summed E-state index contributed by atoms with van der Waals surface area (Å²) < 4.78 is 0. The molecule has 0 atom stereocenters. The first-order chi connectivity index (χ1) is 5.00. The second-order valence-corrected chi connectivity index (χ2v) is 2.10. The molecule has 0 aliphatic heterocycles. The standard InChI is InChI=1S/C8H12.CH2O.2ClH.Co/c1-2-4-6-8-7-5-3-1;1-2;;;/h1-2,7-8H,3-6H2;1H2;2*1H;/q;;;;+2/p-2/b2-1-,8-7?;;;;. The molecule has 4 heteroatoms. The molecule has 0 saturated heterocycles. The van der Waals surface area contributed by atoms with Crippen molar-refractivity contribution in [1.29, 1.82) is 0 Å². The van der Waals surface area contributed by atoms with Gasteiger partial charge in [0.25, 0.3) is 0 Å². The second-order valence-electron chi connectivity index (χ2n) is 2.10. The predicted octanol–water partition coefficient (Wildman–Crippen LogP) is -3.51. The minimum absolute atomic E-state index is 0. The van der Waals surface area contributed by atoms with Gasteiger partial charge < -0.3 is 29.6 Å². The van der Waals surface area contributed by atoms with Gasteiger partial charge >= 0.3 is 16.8 Å². The maximum Gasteiger partial charge on any atom is 2.00 e. The number of rotatable bonds is 0. The van der Waals surface area contributed by atoms with Crippen LogP contribution in [0.1, 0.15) is 25.7 Å². The van der Waals surface area contributed by atoms with E-state index < -0.39 is 0 Å². The molecule has 0 fully saturated rings. The Morgan fingerprint density at radius 2 is 0.846 bits per heavy atom. The Morgan fingerprint density at radius 3 is 1.00 bits per heavy atom. The van der Waals surface area contributed by atoms with Gasteiger partial charge in [0.05, 0.1) is 0 Å². The van der Waals surface area contributed by atoms with Crippen LogP contribution in [0.2, 0.25) is 0 Å². The minimum Gasteiger partial charge on any atom is -1.00 e. The van der Waals surface area contributed by atoms with Crippen molar-refractivity contribution in [3.05, 3.63) is 24.3 Å². The SMILES string of the molecule is C1=CCC/C=C\CC1.C=O.[Cl-].[Cl-].[Co+2]. The van der Waals surface area contributed by atoms with E-state index in [0.717, 1.165) is 0 Å². The molecule has 1 rings (SSSR count). The fourth-order valence-corrected chi connectivity index (χ4v) is 0.856. The van der Waals surface area contributed by atoms with Crippen molar-refractivity contribution in [1.82, 2.24) is 0 Å². The molecule has 0 saturated carbocycles. The third kappa shape index (κ3) is 18.9. The van der Waals surface area contributed by atoms with Gasteiger partial charge in [-0.1, -0.05) is 24.3 Å². The van der Waals surface area contributed by atoms with Gasteiger partial charge in [-0.3, -0.25) is 0 Å². The Balaban J connectivity index is -0.0000000761. The summed E-state index contributed by atoms with van der Waals surface area (Å²) in [5.74, 6) is 0. The van der Waals surface area contributed by atoms with E-state index in [0.29, 0.717) is 0 Å². The van der Waals surface area contributed by atoms with Crippen LogP contribution >= 0.6 is 0 Å². The molecule has 0 amide bonds. The smallest absolute Gasteiger partial charge is 1.00 e. The zero-order chi connectivity index (χ0) is 7.66. The van der Waals surface area contributed by atoms with Crippen LogP contribution < -0.4 is 24.8 Å². The number of hydrogen-bond donors (Lipinski definition) is 0. The Hall–Kier alpha value is 0.236. The summed E-state index contributed by atoms with van der Waals surface area (Å²) >= 11 is 0. The Bertz CT molecular complexity index is 101. The Labute approximate surface area is 103 Å². The number of allylic oxidation sites excluding steroid dienone is 4. The number of halogens is 2. The summed E-state index contributed by atoms with van der Waals surface area (Å²) in [6.07, 6.45) is 14.0. The van der Waals surface area contributed by atoms with Crippen LogP contribution in [0.15, 0.2) is 24.3 Å². The Morgan fingerprint density at radius 1 is 0.692 bits per heavy atom. The van der Waals surface area contributed by atoms with Gasteiger partial charge in [-0.15, -0.1) is 0 Å². The van der Waals surface area contributed by atoms with Gasteiger partial charge in [0.2, 0.25) is 0 Å². The van der Waals surface area contributed by atoms with Gasteiger partial charge in [-0.25, -0.2) is 0 Å². The van der Waals surface area contributed by atoms with Crippen molar-refractivity contribution in [3.63, 3.8) is 0 Å². The quantitative estimate of drug-likeness (QED) is 0.417. The third-order valence-corrected chi connectivity index (χ3v) is 1.33. The van der Waals surface area contributed by atoms with Gasteiger partial charge in [0, 0.05) is 0 Å². The number of hydrogen-bond acceptors (Lipinski definition) is 1. The molecule has 1 nitrogen and oxygen atoms in total. The molecule has 0 bridgehead atoms. The second kappa shape index (κ2) is 22.8. The van der Waals surface area contributed by atoms with Gasteiger partial charge in [-0.05, 0) is 25.7 Å². The van der Waals surface area contributed by atoms with E-state index in [1.54, 1.807) is 0 Å². The first-order valence-electron chi connectivity index (χ1n) is 3.59. The molecule has 0 aromatic rings. The molecule has 0 unspecified atom stereocenters. The monoisotopic (exact) mass is 267 g/mol. The molecular weight excluding hydrogens is 254 g/mol. The topological polar surface area (TPSA) is 17.1 Å². The molecular formula is C9H14Cl2CoO. The van der Waals surface area contributed by atoms with Gasteiger partial charge in [0.15, 0.2) is 0 Å². The van der Waals surface area contributed by atoms with Crippen LogP contribution in [0, 0.1) is 0 Å². The molecule has 0 aromatic heterocycles. The number of carbonyl (C=O) groups is 1. The molecule has 0 spiro atoms. The van der Waals surface area contributed by atoms with Gasteiger partial charge in [0.1, 0.15) is 6.79 Å². The van der Waals surface area contributed by atoms with E-state index in [9.17, 15) is 0 Å². The molecule has 0 N–H and O–H groups in total. The van der Waals surface area contributed by atoms with Crippen molar-refractivity contribution in [2.24, 2.45) is 0 Å². The largest absolute Gasteiger partial charge is 2.00 e. The Kier molecular flexibility index (Phi) is 40.7. The maximum atomic E-state index is 8.00. The van der Waals surface area contributed by atoms with E-state index in [1.807, 2.05) is 6.79 Å². The minimum atomic E-state index is 0. The van der Waals surface area contributed by atoms with Gasteiger partial charge in [-0.2, -0.15) is 0 Å². The first kappa shape index (κ1) is 23.2. The third-order valence-electron chi connectivity index (χ3n) is 1.33. The van der Waals surface area contributed by atoms with Crippen molar-refractivity contribution in [2.45, 2.75) is 25.7 Å². The summed E-state index contributed by atoms with van der Waals surface area (Å²) in [5, 5.41) is 0. The average Bonchev–Trinajstić information content (AvgIpc) is 1.90. The van der Waals surface area contributed by atoms with Crippen molar-refractivity contribution < 1.29 is 46.4 Å². The fraction of sp³-hybridized carbons (Fsp3) is 0.444. The first-order valence-corrected chi connectivity index (χ1v) is 3.59. The molecule has 0 heterocycles. The van der Waals surface area contributed by atoms with E-state index in [-0.39, 0.29) is 41.6 Å². The molecule has 79 valence electrons. The summed E-state index contributed by atoms with van der Waals surface area (Å²) in [5.41, 5.74) is 0.